The molecule has 0 spiro atoms. The molecule has 2 aliphatic heterocycles. The molecule has 0 amide bonds. The van der Waals surface area contributed by atoms with Crippen LogP contribution in [0, 0.1) is 11.2 Å². The van der Waals surface area contributed by atoms with Gasteiger partial charge in [-0.15, -0.1) is 0 Å². The summed E-state index contributed by atoms with van der Waals surface area (Å²) in [7, 11) is 0. The second-order valence-corrected chi connectivity index (χ2v) is 6.43. The molecule has 1 aromatic rings. The van der Waals surface area contributed by atoms with Crippen LogP contribution in [0.15, 0.2) is 18.2 Å². The second-order valence-electron chi connectivity index (χ2n) is 5.02. The van der Waals surface area contributed by atoms with E-state index >= 15 is 0 Å². The zero-order valence-corrected chi connectivity index (χ0v) is 11.1. The third kappa shape index (κ3) is 2.26. The number of hydrogen-bond donors (Lipinski definition) is 1. The fourth-order valence-corrected chi connectivity index (χ4v) is 4.04. The number of halogens is 1. The Balaban J connectivity index is 1.71. The Bertz CT molecular complexity index is 469. The average Bonchev–Trinajstić information content (AvgIpc) is 2.68. The van der Waals surface area contributed by atoms with E-state index in [0.29, 0.717) is 11.1 Å². The summed E-state index contributed by atoms with van der Waals surface area (Å²) >= 11 is 2.02. The summed E-state index contributed by atoms with van der Waals surface area (Å²) in [6, 6.07) is 4.80. The van der Waals surface area contributed by atoms with Crippen LogP contribution in [-0.2, 0) is 6.54 Å². The van der Waals surface area contributed by atoms with E-state index in [2.05, 4.69) is 4.90 Å². The van der Waals surface area contributed by atoms with Gasteiger partial charge < -0.3 is 4.90 Å². The van der Waals surface area contributed by atoms with Crippen molar-refractivity contribution < 1.29 is 4.39 Å². The minimum atomic E-state index is -0.243. The van der Waals surface area contributed by atoms with E-state index in [0.717, 1.165) is 24.2 Å². The van der Waals surface area contributed by atoms with Crippen LogP contribution in [0.2, 0.25) is 0 Å². The van der Waals surface area contributed by atoms with Gasteiger partial charge in [0.05, 0.1) is 0 Å². The predicted molar refractivity (Wildman–Crippen MR) is 73.7 cm³/mol. The predicted octanol–water partition coefficient (Wildman–Crippen LogP) is 3.25. The maximum atomic E-state index is 13.2. The molecule has 1 atom stereocenters. The molecule has 0 bridgehead atoms. The molecule has 1 aromatic carbocycles. The summed E-state index contributed by atoms with van der Waals surface area (Å²) in [5.41, 5.74) is 1.86. The SMILES string of the molecule is N=C1c2cc(F)ccc2CN1CC1CCCCS1. The lowest BCUT2D eigenvalue weighted by Gasteiger charge is -2.27. The van der Waals surface area contributed by atoms with E-state index in [4.69, 9.17) is 5.41 Å². The summed E-state index contributed by atoms with van der Waals surface area (Å²) in [5, 5.41) is 8.79. The van der Waals surface area contributed by atoms with E-state index in [-0.39, 0.29) is 5.82 Å². The van der Waals surface area contributed by atoms with Crippen molar-refractivity contribution in [3.8, 4) is 0 Å². The minimum Gasteiger partial charge on any atom is -0.351 e. The van der Waals surface area contributed by atoms with E-state index in [1.54, 1.807) is 0 Å². The van der Waals surface area contributed by atoms with Crippen LogP contribution in [0.1, 0.15) is 30.4 Å². The van der Waals surface area contributed by atoms with Gasteiger partial charge in [-0.1, -0.05) is 12.5 Å². The largest absolute Gasteiger partial charge is 0.351 e. The number of hydrogen-bond acceptors (Lipinski definition) is 2. The van der Waals surface area contributed by atoms with E-state index in [9.17, 15) is 4.39 Å². The molecule has 96 valence electrons. The third-order valence-electron chi connectivity index (χ3n) is 3.70. The molecule has 2 heterocycles. The van der Waals surface area contributed by atoms with Gasteiger partial charge in [-0.25, -0.2) is 4.39 Å². The summed E-state index contributed by atoms with van der Waals surface area (Å²) in [5.74, 6) is 1.50. The van der Waals surface area contributed by atoms with Crippen molar-refractivity contribution in [1.82, 2.24) is 4.90 Å². The first-order chi connectivity index (χ1) is 8.74. The Morgan fingerprint density at radius 2 is 2.28 bits per heavy atom. The van der Waals surface area contributed by atoms with Crippen molar-refractivity contribution in [2.75, 3.05) is 12.3 Å². The van der Waals surface area contributed by atoms with Crippen molar-refractivity contribution in [1.29, 1.82) is 5.41 Å². The van der Waals surface area contributed by atoms with Crippen molar-refractivity contribution in [2.24, 2.45) is 0 Å². The number of nitrogens with zero attached hydrogens (tertiary/aromatic N) is 1. The van der Waals surface area contributed by atoms with Crippen LogP contribution >= 0.6 is 11.8 Å². The molecule has 18 heavy (non-hydrogen) atoms. The van der Waals surface area contributed by atoms with Gasteiger partial charge in [0.15, 0.2) is 0 Å². The smallest absolute Gasteiger partial charge is 0.128 e. The Morgan fingerprint density at radius 3 is 3.06 bits per heavy atom. The van der Waals surface area contributed by atoms with Gasteiger partial charge in [0.25, 0.3) is 0 Å². The van der Waals surface area contributed by atoms with Gasteiger partial charge in [-0.3, -0.25) is 5.41 Å². The topological polar surface area (TPSA) is 27.1 Å². The summed E-state index contributed by atoms with van der Waals surface area (Å²) in [4.78, 5) is 2.09. The fraction of sp³-hybridized carbons (Fsp3) is 0.500. The highest BCUT2D eigenvalue weighted by Crippen LogP contribution is 2.29. The molecule has 1 N–H and O–H groups in total. The molecule has 2 nitrogen and oxygen atoms in total. The van der Waals surface area contributed by atoms with E-state index in [1.165, 1.54) is 37.1 Å². The Hall–Kier alpha value is -1.03. The van der Waals surface area contributed by atoms with Gasteiger partial charge in [0.2, 0.25) is 0 Å². The zero-order chi connectivity index (χ0) is 12.5. The van der Waals surface area contributed by atoms with E-state index < -0.39 is 0 Å². The normalized spacial score (nSPS) is 23.3. The highest BCUT2D eigenvalue weighted by atomic mass is 32.2. The molecule has 1 unspecified atom stereocenters. The van der Waals surface area contributed by atoms with Crippen molar-refractivity contribution in [3.63, 3.8) is 0 Å². The molecule has 1 saturated heterocycles. The Kier molecular flexibility index (Phi) is 3.29. The first-order valence-corrected chi connectivity index (χ1v) is 7.53. The van der Waals surface area contributed by atoms with Crippen LogP contribution in [-0.4, -0.2) is 28.3 Å². The molecule has 4 heteroatoms. The number of benzene rings is 1. The number of thioether (sulfide) groups is 1. The summed E-state index contributed by atoms with van der Waals surface area (Å²) < 4.78 is 13.2. The maximum absolute atomic E-state index is 13.2. The lowest BCUT2D eigenvalue weighted by molar-refractivity contribution is 0.412. The van der Waals surface area contributed by atoms with Crippen molar-refractivity contribution >= 4 is 17.6 Å². The minimum absolute atomic E-state index is 0.243. The van der Waals surface area contributed by atoms with Crippen LogP contribution in [0.5, 0.6) is 0 Å². The third-order valence-corrected chi connectivity index (χ3v) is 5.08. The molecule has 0 aliphatic carbocycles. The van der Waals surface area contributed by atoms with Gasteiger partial charge in [0, 0.05) is 23.9 Å². The molecular formula is C14H17FN2S. The number of fused-ring (bicyclic) bond motifs is 1. The molecule has 0 aromatic heterocycles. The summed E-state index contributed by atoms with van der Waals surface area (Å²) in [6.07, 6.45) is 3.88. The number of nitrogens with one attached hydrogen (secondary N) is 1. The van der Waals surface area contributed by atoms with Crippen LogP contribution in [0.3, 0.4) is 0 Å². The number of rotatable bonds is 2. The molecule has 1 fully saturated rings. The monoisotopic (exact) mass is 264 g/mol. The zero-order valence-electron chi connectivity index (χ0n) is 10.3. The highest BCUT2D eigenvalue weighted by Gasteiger charge is 2.27. The van der Waals surface area contributed by atoms with Crippen molar-refractivity contribution in [3.05, 3.63) is 35.1 Å². The molecular weight excluding hydrogens is 247 g/mol. The maximum Gasteiger partial charge on any atom is 0.128 e. The molecule has 0 saturated carbocycles. The lowest BCUT2D eigenvalue weighted by atomic mass is 10.1. The molecule has 2 aliphatic rings. The first kappa shape index (κ1) is 12.0. The van der Waals surface area contributed by atoms with E-state index in [1.807, 2.05) is 17.8 Å². The second kappa shape index (κ2) is 4.92. The fourth-order valence-electron chi connectivity index (χ4n) is 2.72. The molecule has 0 radical (unpaired) electrons. The van der Waals surface area contributed by atoms with Crippen molar-refractivity contribution in [2.45, 2.75) is 31.1 Å². The van der Waals surface area contributed by atoms with Gasteiger partial charge in [-0.05, 0) is 36.3 Å². The number of amidine groups is 1. The quantitative estimate of drug-likeness (QED) is 0.887. The average molecular weight is 264 g/mol. The summed E-state index contributed by atoms with van der Waals surface area (Å²) in [6.45, 7) is 1.70. The highest BCUT2D eigenvalue weighted by molar-refractivity contribution is 7.99. The van der Waals surface area contributed by atoms with Gasteiger partial charge in [-0.2, -0.15) is 11.8 Å². The first-order valence-electron chi connectivity index (χ1n) is 6.48. The Morgan fingerprint density at radius 1 is 1.39 bits per heavy atom. The van der Waals surface area contributed by atoms with Gasteiger partial charge in [0.1, 0.15) is 11.7 Å². The standard InChI is InChI=1S/C14H17FN2S/c15-11-5-4-10-8-17(14(16)13(10)7-11)9-12-3-1-2-6-18-12/h4-5,7,12,16H,1-3,6,8-9H2. The Labute approximate surface area is 111 Å². The van der Waals surface area contributed by atoms with Crippen LogP contribution < -0.4 is 0 Å². The van der Waals surface area contributed by atoms with Gasteiger partial charge >= 0.3 is 0 Å². The van der Waals surface area contributed by atoms with Crippen LogP contribution in [0.25, 0.3) is 0 Å². The van der Waals surface area contributed by atoms with Crippen LogP contribution in [0.4, 0.5) is 4.39 Å². The molecule has 3 rings (SSSR count). The lowest BCUT2D eigenvalue weighted by Crippen LogP contribution is -2.32.